The first-order valence-electron chi connectivity index (χ1n) is 11.0. The highest BCUT2D eigenvalue weighted by atomic mass is 32.2. The Kier molecular flexibility index (Phi) is 9.18. The van der Waals surface area contributed by atoms with E-state index in [4.69, 9.17) is 14.2 Å². The van der Waals surface area contributed by atoms with E-state index in [0.29, 0.717) is 19.2 Å². The maximum absolute atomic E-state index is 13.2. The zero-order valence-electron chi connectivity index (χ0n) is 20.3. The van der Waals surface area contributed by atoms with Gasteiger partial charge in [0, 0.05) is 25.6 Å². The first-order valence-corrected chi connectivity index (χ1v) is 12.4. The van der Waals surface area contributed by atoms with Gasteiger partial charge in [-0.05, 0) is 58.6 Å². The van der Waals surface area contributed by atoms with Gasteiger partial charge in [0.15, 0.2) is 0 Å². The van der Waals surface area contributed by atoms with Crippen LogP contribution in [-0.2, 0) is 29.1 Å². The van der Waals surface area contributed by atoms with Crippen LogP contribution in [0.3, 0.4) is 0 Å². The predicted molar refractivity (Wildman–Crippen MR) is 122 cm³/mol. The lowest BCUT2D eigenvalue weighted by molar-refractivity contribution is -0.155. The van der Waals surface area contributed by atoms with Crippen molar-refractivity contribution in [1.82, 2.24) is 9.29 Å². The van der Waals surface area contributed by atoms with Gasteiger partial charge in [-0.3, -0.25) is 9.59 Å². The van der Waals surface area contributed by atoms with E-state index in [0.717, 1.165) is 0 Å². The third-order valence-corrected chi connectivity index (χ3v) is 7.36. The van der Waals surface area contributed by atoms with Gasteiger partial charge in [0.2, 0.25) is 15.9 Å². The van der Waals surface area contributed by atoms with Crippen LogP contribution in [0.5, 0.6) is 5.88 Å². The quantitative estimate of drug-likeness (QED) is 0.474. The lowest BCUT2D eigenvalue weighted by Gasteiger charge is -2.36. The van der Waals surface area contributed by atoms with E-state index in [1.807, 2.05) is 0 Å². The minimum Gasteiger partial charge on any atom is -0.473 e. The van der Waals surface area contributed by atoms with Crippen molar-refractivity contribution in [1.29, 1.82) is 0 Å². The zero-order chi connectivity index (χ0) is 25.6. The van der Waals surface area contributed by atoms with Crippen LogP contribution in [0.1, 0.15) is 53.4 Å². The number of esters is 2. The molecular formula is C23H33FN2O7S. The highest BCUT2D eigenvalue weighted by molar-refractivity contribution is 7.89. The summed E-state index contributed by atoms with van der Waals surface area (Å²) >= 11 is 0. The van der Waals surface area contributed by atoms with Crippen LogP contribution in [0.4, 0.5) is 4.39 Å². The summed E-state index contributed by atoms with van der Waals surface area (Å²) in [4.78, 5) is 27.7. The second-order valence-electron chi connectivity index (χ2n) is 9.43. The smallest absolute Gasteiger partial charge is 0.311 e. The van der Waals surface area contributed by atoms with Crippen molar-refractivity contribution in [2.24, 2.45) is 5.41 Å². The van der Waals surface area contributed by atoms with Gasteiger partial charge in [-0.1, -0.05) is 0 Å². The Morgan fingerprint density at radius 2 is 1.85 bits per heavy atom. The van der Waals surface area contributed by atoms with E-state index in [1.54, 1.807) is 27.7 Å². The largest absolute Gasteiger partial charge is 0.473 e. The number of methoxy groups -OCH3 is 1. The van der Waals surface area contributed by atoms with E-state index in [2.05, 4.69) is 4.98 Å². The summed E-state index contributed by atoms with van der Waals surface area (Å²) in [6.07, 6.45) is 2.40. The molecule has 0 radical (unpaired) electrons. The number of halogens is 1. The molecule has 34 heavy (non-hydrogen) atoms. The Balaban J connectivity index is 1.92. The number of carbonyl (C=O) groups excluding carboxylic acids is 2. The van der Waals surface area contributed by atoms with Crippen molar-refractivity contribution in [3.63, 3.8) is 0 Å². The Morgan fingerprint density at radius 1 is 1.21 bits per heavy atom. The Hall–Kier alpha value is -2.53. The number of hydrogen-bond donors (Lipinski definition) is 0. The van der Waals surface area contributed by atoms with E-state index >= 15 is 0 Å². The lowest BCUT2D eigenvalue weighted by atomic mass is 9.81. The number of nitrogens with zero attached hydrogens (tertiary/aromatic N) is 2. The molecule has 0 spiro atoms. The molecule has 0 unspecified atom stereocenters. The highest BCUT2D eigenvalue weighted by Gasteiger charge is 2.41. The molecule has 1 fully saturated rings. The number of carbonyl (C=O) groups is 2. The summed E-state index contributed by atoms with van der Waals surface area (Å²) in [5.74, 6) is -0.669. The van der Waals surface area contributed by atoms with Gasteiger partial charge < -0.3 is 14.2 Å². The van der Waals surface area contributed by atoms with Crippen molar-refractivity contribution < 1.29 is 36.6 Å². The lowest BCUT2D eigenvalue weighted by Crippen LogP contribution is -2.45. The van der Waals surface area contributed by atoms with Crippen molar-refractivity contribution in [3.8, 4) is 5.88 Å². The maximum atomic E-state index is 13.2. The topological polar surface area (TPSA) is 112 Å². The first-order chi connectivity index (χ1) is 15.8. The second-order valence-corrected chi connectivity index (χ2v) is 11.4. The second kappa shape index (κ2) is 11.3. The Labute approximate surface area is 200 Å². The molecule has 0 amide bonds. The molecule has 0 saturated carbocycles. The van der Waals surface area contributed by atoms with Crippen LogP contribution in [-0.4, -0.2) is 62.1 Å². The van der Waals surface area contributed by atoms with E-state index < -0.39 is 27.0 Å². The summed E-state index contributed by atoms with van der Waals surface area (Å²) in [7, 11) is -2.47. The number of hydrogen-bond acceptors (Lipinski definition) is 8. The van der Waals surface area contributed by atoms with Gasteiger partial charge in [-0.15, -0.1) is 0 Å². The SMILES string of the molecule is COC(=O)C1(C)CCN(S(=O)(=O)c2ccc(OCC(=CF)CCC(=O)OC(C)(C)C)nc2)CC1. The van der Waals surface area contributed by atoms with Crippen LogP contribution in [0, 0.1) is 5.41 Å². The van der Waals surface area contributed by atoms with Crippen molar-refractivity contribution in [2.45, 2.75) is 63.9 Å². The van der Waals surface area contributed by atoms with Gasteiger partial charge in [0.25, 0.3) is 0 Å². The summed E-state index contributed by atoms with van der Waals surface area (Å²) in [5.41, 5.74) is -1.08. The van der Waals surface area contributed by atoms with Crippen LogP contribution < -0.4 is 4.74 Å². The van der Waals surface area contributed by atoms with Gasteiger partial charge in [-0.2, -0.15) is 4.31 Å². The molecule has 1 aliphatic rings. The predicted octanol–water partition coefficient (Wildman–Crippen LogP) is 3.40. The van der Waals surface area contributed by atoms with Crippen LogP contribution in [0.2, 0.25) is 0 Å². The molecule has 2 rings (SSSR count). The summed E-state index contributed by atoms with van der Waals surface area (Å²) < 4.78 is 55.8. The molecule has 0 aliphatic carbocycles. The fourth-order valence-electron chi connectivity index (χ4n) is 3.40. The van der Waals surface area contributed by atoms with Gasteiger partial charge in [-0.25, -0.2) is 17.8 Å². The molecule has 190 valence electrons. The third kappa shape index (κ3) is 7.49. The molecular weight excluding hydrogens is 467 g/mol. The number of aromatic nitrogens is 1. The van der Waals surface area contributed by atoms with Crippen molar-refractivity contribution in [2.75, 3.05) is 26.8 Å². The summed E-state index contributed by atoms with van der Waals surface area (Å²) in [6, 6.07) is 2.75. The van der Waals surface area contributed by atoms with Crippen LogP contribution in [0.25, 0.3) is 0 Å². The standard InChI is InChI=1S/C23H33FN2O7S/c1-22(2,3)33-20(27)9-6-17(14-24)16-32-19-8-7-18(15-25-19)34(29,30)26-12-10-23(4,11-13-26)21(28)31-5/h7-8,14-15H,6,9-13,16H2,1-5H3. The molecule has 0 atom stereocenters. The number of ether oxygens (including phenoxy) is 3. The van der Waals surface area contributed by atoms with Gasteiger partial charge in [0.05, 0.1) is 25.1 Å². The van der Waals surface area contributed by atoms with Gasteiger partial charge in [0.1, 0.15) is 17.1 Å². The van der Waals surface area contributed by atoms with E-state index in [9.17, 15) is 22.4 Å². The number of sulfonamides is 1. The van der Waals surface area contributed by atoms with Crippen molar-refractivity contribution >= 4 is 22.0 Å². The molecule has 0 aromatic carbocycles. The van der Waals surface area contributed by atoms with E-state index in [1.165, 1.54) is 29.7 Å². The van der Waals surface area contributed by atoms with E-state index in [-0.39, 0.29) is 54.9 Å². The molecule has 1 saturated heterocycles. The minimum atomic E-state index is -3.79. The molecule has 2 heterocycles. The number of pyridine rings is 1. The third-order valence-electron chi connectivity index (χ3n) is 5.48. The molecule has 1 aromatic heterocycles. The zero-order valence-corrected chi connectivity index (χ0v) is 21.1. The Bertz CT molecular complexity index is 993. The summed E-state index contributed by atoms with van der Waals surface area (Å²) in [6.45, 7) is 7.25. The molecule has 1 aromatic rings. The molecule has 11 heteroatoms. The van der Waals surface area contributed by atoms with Gasteiger partial charge >= 0.3 is 11.9 Å². The van der Waals surface area contributed by atoms with Crippen LogP contribution >= 0.6 is 0 Å². The number of rotatable bonds is 9. The average Bonchev–Trinajstić information content (AvgIpc) is 2.78. The monoisotopic (exact) mass is 500 g/mol. The average molecular weight is 501 g/mol. The maximum Gasteiger partial charge on any atom is 0.311 e. The van der Waals surface area contributed by atoms with Crippen molar-refractivity contribution in [3.05, 3.63) is 30.2 Å². The Morgan fingerprint density at radius 3 is 2.35 bits per heavy atom. The minimum absolute atomic E-state index is 0.00581. The van der Waals surface area contributed by atoms with Crippen LogP contribution in [0.15, 0.2) is 35.1 Å². The molecule has 1 aliphatic heterocycles. The normalized spacial score (nSPS) is 17.2. The number of piperidine rings is 1. The molecule has 9 nitrogen and oxygen atoms in total. The first kappa shape index (κ1) is 27.7. The highest BCUT2D eigenvalue weighted by Crippen LogP contribution is 2.34. The molecule has 0 N–H and O–H groups in total. The molecule has 0 bridgehead atoms. The summed E-state index contributed by atoms with van der Waals surface area (Å²) in [5, 5.41) is 0. The fourth-order valence-corrected chi connectivity index (χ4v) is 4.79. The fraction of sp³-hybridized carbons (Fsp3) is 0.609.